The van der Waals surface area contributed by atoms with Gasteiger partial charge in [-0.05, 0) is 45.1 Å². The van der Waals surface area contributed by atoms with E-state index in [0.29, 0.717) is 12.1 Å². The fourth-order valence-electron chi connectivity index (χ4n) is 2.71. The van der Waals surface area contributed by atoms with E-state index >= 15 is 0 Å². The van der Waals surface area contributed by atoms with Crippen molar-refractivity contribution in [1.29, 1.82) is 0 Å². The minimum atomic E-state index is 0.401. The molecule has 102 valence electrons. The monoisotopic (exact) mass is 260 g/mol. The first-order chi connectivity index (χ1) is 9.13. The zero-order valence-electron chi connectivity index (χ0n) is 11.5. The van der Waals surface area contributed by atoms with Crippen LogP contribution in [0.4, 0.5) is 11.7 Å². The minimum Gasteiger partial charge on any atom is -0.423 e. The Kier molecular flexibility index (Phi) is 3.06. The molecule has 1 aromatic heterocycles. The number of anilines is 2. The third-order valence-corrected chi connectivity index (χ3v) is 3.69. The van der Waals surface area contributed by atoms with Crippen molar-refractivity contribution in [1.82, 2.24) is 9.88 Å². The van der Waals surface area contributed by atoms with Gasteiger partial charge in [0, 0.05) is 24.8 Å². The maximum Gasteiger partial charge on any atom is 0.298 e. The molecule has 1 aliphatic rings. The second kappa shape index (κ2) is 4.74. The van der Waals surface area contributed by atoms with Crippen molar-refractivity contribution in [3.8, 4) is 0 Å². The third kappa shape index (κ3) is 2.38. The summed E-state index contributed by atoms with van der Waals surface area (Å²) in [6.07, 6.45) is 1.13. The molecular weight excluding hydrogens is 240 g/mol. The Morgan fingerprint density at radius 2 is 2.21 bits per heavy atom. The van der Waals surface area contributed by atoms with Crippen LogP contribution in [0.3, 0.4) is 0 Å². The van der Waals surface area contributed by atoms with Crippen molar-refractivity contribution in [3.63, 3.8) is 0 Å². The molecule has 2 aromatic rings. The lowest BCUT2D eigenvalue weighted by molar-refractivity contribution is 0.335. The van der Waals surface area contributed by atoms with Crippen molar-refractivity contribution in [2.45, 2.75) is 19.4 Å². The summed E-state index contributed by atoms with van der Waals surface area (Å²) >= 11 is 0. The van der Waals surface area contributed by atoms with Crippen molar-refractivity contribution in [2.75, 3.05) is 37.3 Å². The maximum absolute atomic E-state index is 5.86. The lowest BCUT2D eigenvalue weighted by Crippen LogP contribution is -2.38. The molecule has 5 heteroatoms. The molecule has 0 saturated carbocycles. The van der Waals surface area contributed by atoms with Gasteiger partial charge in [0.2, 0.25) is 0 Å². The highest BCUT2D eigenvalue weighted by Gasteiger charge is 2.23. The fourth-order valence-corrected chi connectivity index (χ4v) is 2.71. The molecule has 0 aliphatic carbocycles. The second-order valence-electron chi connectivity index (χ2n) is 5.38. The van der Waals surface area contributed by atoms with Crippen LogP contribution in [-0.4, -0.2) is 42.6 Å². The Balaban J connectivity index is 1.94. The van der Waals surface area contributed by atoms with E-state index in [1.165, 1.54) is 0 Å². The molecular formula is C14H20N4O. The Morgan fingerprint density at radius 1 is 1.37 bits per heavy atom. The minimum absolute atomic E-state index is 0.401. The van der Waals surface area contributed by atoms with Crippen LogP contribution in [0.5, 0.6) is 0 Å². The number of nitrogen functional groups attached to an aromatic ring is 1. The summed E-state index contributed by atoms with van der Waals surface area (Å²) in [4.78, 5) is 9.18. The molecule has 0 bridgehead atoms. The number of likely N-dealkylation sites (N-methyl/N-ethyl adjacent to an activating group) is 1. The summed E-state index contributed by atoms with van der Waals surface area (Å²) in [5.74, 6) is 0. The number of benzene rings is 1. The summed E-state index contributed by atoms with van der Waals surface area (Å²) in [5, 5.41) is 0. The maximum atomic E-state index is 5.86. The van der Waals surface area contributed by atoms with E-state index in [0.717, 1.165) is 42.8 Å². The number of hydrogen-bond acceptors (Lipinski definition) is 5. The normalized spacial score (nSPS) is 21.8. The molecule has 3 rings (SSSR count). The molecule has 1 aliphatic heterocycles. The smallest absolute Gasteiger partial charge is 0.298 e. The van der Waals surface area contributed by atoms with Crippen LogP contribution in [0.15, 0.2) is 22.6 Å². The van der Waals surface area contributed by atoms with Gasteiger partial charge in [-0.15, -0.1) is 0 Å². The van der Waals surface area contributed by atoms with Gasteiger partial charge in [0.25, 0.3) is 6.01 Å². The molecule has 1 aromatic carbocycles. The number of hydrogen-bond donors (Lipinski definition) is 1. The van der Waals surface area contributed by atoms with E-state index in [-0.39, 0.29) is 0 Å². The summed E-state index contributed by atoms with van der Waals surface area (Å²) < 4.78 is 5.86. The van der Waals surface area contributed by atoms with Gasteiger partial charge in [0.1, 0.15) is 5.52 Å². The average Bonchev–Trinajstić information content (AvgIpc) is 2.68. The number of nitrogens with zero attached hydrogens (tertiary/aromatic N) is 3. The first-order valence-corrected chi connectivity index (χ1v) is 6.75. The van der Waals surface area contributed by atoms with Gasteiger partial charge in [-0.25, -0.2) is 0 Å². The molecule has 0 amide bonds. The molecule has 2 N–H and O–H groups in total. The fraction of sp³-hybridized carbons (Fsp3) is 0.500. The predicted molar refractivity (Wildman–Crippen MR) is 77.3 cm³/mol. The first kappa shape index (κ1) is 12.3. The van der Waals surface area contributed by atoms with E-state index in [1.54, 1.807) is 0 Å². The van der Waals surface area contributed by atoms with Crippen molar-refractivity contribution >= 4 is 22.8 Å². The highest BCUT2D eigenvalue weighted by Crippen LogP contribution is 2.26. The summed E-state index contributed by atoms with van der Waals surface area (Å²) in [6.45, 7) is 5.34. The van der Waals surface area contributed by atoms with Gasteiger partial charge in [-0.3, -0.25) is 0 Å². The topological polar surface area (TPSA) is 58.5 Å². The number of oxazole rings is 1. The Hall–Kier alpha value is -1.75. The number of fused-ring (bicyclic) bond motifs is 1. The van der Waals surface area contributed by atoms with Crippen molar-refractivity contribution in [2.24, 2.45) is 0 Å². The van der Waals surface area contributed by atoms with Gasteiger partial charge in [-0.2, -0.15) is 4.98 Å². The highest BCUT2D eigenvalue weighted by molar-refractivity contribution is 5.78. The van der Waals surface area contributed by atoms with Crippen LogP contribution >= 0.6 is 0 Å². The Morgan fingerprint density at radius 3 is 3.05 bits per heavy atom. The molecule has 5 nitrogen and oxygen atoms in total. The molecule has 1 unspecified atom stereocenters. The van der Waals surface area contributed by atoms with Crippen LogP contribution < -0.4 is 10.6 Å². The molecule has 2 heterocycles. The molecule has 0 radical (unpaired) electrons. The summed E-state index contributed by atoms with van der Waals surface area (Å²) in [7, 11) is 2.16. The van der Waals surface area contributed by atoms with Crippen molar-refractivity contribution in [3.05, 3.63) is 18.2 Å². The van der Waals surface area contributed by atoms with Gasteiger partial charge < -0.3 is 20.0 Å². The Labute approximate surface area is 113 Å². The van der Waals surface area contributed by atoms with Gasteiger partial charge in [-0.1, -0.05) is 0 Å². The zero-order valence-corrected chi connectivity index (χ0v) is 11.5. The lowest BCUT2D eigenvalue weighted by atomic mass is 10.3. The number of aromatic nitrogens is 1. The molecule has 1 fully saturated rings. The van der Waals surface area contributed by atoms with Gasteiger partial charge >= 0.3 is 0 Å². The van der Waals surface area contributed by atoms with Crippen LogP contribution in [0.25, 0.3) is 11.1 Å². The standard InChI is InChI=1S/C14H20N4O/c1-10-9-17(2)6-3-7-18(10)14-16-12-8-11(15)4-5-13(12)19-14/h4-5,8,10H,3,6-7,9,15H2,1-2H3. The molecule has 0 spiro atoms. The van der Waals surface area contributed by atoms with Crippen molar-refractivity contribution < 1.29 is 4.42 Å². The number of rotatable bonds is 1. The summed E-state index contributed by atoms with van der Waals surface area (Å²) in [6, 6.07) is 6.70. The van der Waals surface area contributed by atoms with Crippen LogP contribution in [-0.2, 0) is 0 Å². The SMILES string of the molecule is CC1CN(C)CCCN1c1nc2cc(N)ccc2o1. The highest BCUT2D eigenvalue weighted by atomic mass is 16.4. The van der Waals surface area contributed by atoms with Crippen LogP contribution in [0, 0.1) is 0 Å². The van der Waals surface area contributed by atoms with Crippen LogP contribution in [0.2, 0.25) is 0 Å². The van der Waals surface area contributed by atoms with E-state index in [9.17, 15) is 0 Å². The number of nitrogens with two attached hydrogens (primary N) is 1. The zero-order chi connectivity index (χ0) is 13.4. The van der Waals surface area contributed by atoms with E-state index in [2.05, 4.69) is 28.8 Å². The molecule has 1 atom stereocenters. The van der Waals surface area contributed by atoms with E-state index in [4.69, 9.17) is 10.2 Å². The largest absolute Gasteiger partial charge is 0.423 e. The van der Waals surface area contributed by atoms with E-state index in [1.807, 2.05) is 18.2 Å². The molecule has 19 heavy (non-hydrogen) atoms. The van der Waals surface area contributed by atoms with E-state index < -0.39 is 0 Å². The van der Waals surface area contributed by atoms with Crippen LogP contribution in [0.1, 0.15) is 13.3 Å². The first-order valence-electron chi connectivity index (χ1n) is 6.75. The predicted octanol–water partition coefficient (Wildman–Crippen LogP) is 1.94. The summed E-state index contributed by atoms with van der Waals surface area (Å²) in [5.41, 5.74) is 8.13. The second-order valence-corrected chi connectivity index (χ2v) is 5.38. The third-order valence-electron chi connectivity index (χ3n) is 3.69. The van der Waals surface area contributed by atoms with Gasteiger partial charge in [0.05, 0.1) is 0 Å². The average molecular weight is 260 g/mol. The Bertz CT molecular complexity index is 580. The molecule has 1 saturated heterocycles. The quantitative estimate of drug-likeness (QED) is 0.794. The van der Waals surface area contributed by atoms with Gasteiger partial charge in [0.15, 0.2) is 5.58 Å². The lowest BCUT2D eigenvalue weighted by Gasteiger charge is -2.26.